The SMILES string of the molecule is CC(C)[Si](C(C)C)(C(C)C)P([Si](C)(C)C)[Si](C(C)C)(C(C)C)C(C)C. The highest BCUT2D eigenvalue weighted by Crippen LogP contribution is 2.77. The molecule has 0 aromatic rings. The van der Waals surface area contributed by atoms with Crippen LogP contribution in [0.1, 0.15) is 83.1 Å². The van der Waals surface area contributed by atoms with Crippen LogP contribution in [-0.2, 0) is 0 Å². The first kappa shape index (κ1) is 26.1. The Hall–Kier alpha value is 1.08. The van der Waals surface area contributed by atoms with Gasteiger partial charge < -0.3 is 0 Å². The average molecular weight is 419 g/mol. The molecule has 0 unspecified atom stereocenters. The summed E-state index contributed by atoms with van der Waals surface area (Å²) in [6.45, 7) is 39.8. The smallest absolute Gasteiger partial charge is 0.0809 e. The highest BCUT2D eigenvalue weighted by molar-refractivity contribution is 8.38. The molecule has 0 radical (unpaired) electrons. The quantitative estimate of drug-likeness (QED) is 0.258. The Kier molecular flexibility index (Phi) is 9.44. The lowest BCUT2D eigenvalue weighted by Gasteiger charge is -2.64. The van der Waals surface area contributed by atoms with Crippen molar-refractivity contribution in [3.8, 4) is 0 Å². The molecule has 0 atom stereocenters. The molecule has 0 saturated heterocycles. The Labute approximate surface area is 165 Å². The summed E-state index contributed by atoms with van der Waals surface area (Å²) in [5.74, 6) is 0. The van der Waals surface area contributed by atoms with Crippen molar-refractivity contribution < 1.29 is 0 Å². The predicted molar refractivity (Wildman–Crippen MR) is 132 cm³/mol. The molecule has 0 aliphatic carbocycles. The molecule has 0 bridgehead atoms. The van der Waals surface area contributed by atoms with E-state index in [1.54, 1.807) is 0 Å². The Bertz CT molecular complexity index is 330. The number of rotatable bonds is 9. The molecule has 0 aromatic heterocycles. The third kappa shape index (κ3) is 4.40. The summed E-state index contributed by atoms with van der Waals surface area (Å²) in [7, 11) is -4.10. The Morgan fingerprint density at radius 3 is 0.640 bits per heavy atom. The number of hydrogen-bond donors (Lipinski definition) is 0. The molecule has 25 heavy (non-hydrogen) atoms. The summed E-state index contributed by atoms with van der Waals surface area (Å²) < 4.78 is 0. The molecule has 0 heterocycles. The van der Waals surface area contributed by atoms with Crippen LogP contribution in [0.4, 0.5) is 0 Å². The van der Waals surface area contributed by atoms with E-state index in [-0.39, 0.29) is 6.57 Å². The summed E-state index contributed by atoms with van der Waals surface area (Å²) in [5, 5.41) is 0. The van der Waals surface area contributed by atoms with Gasteiger partial charge in [0.25, 0.3) is 0 Å². The molecule has 0 aliphatic heterocycles. The van der Waals surface area contributed by atoms with Gasteiger partial charge in [-0.25, -0.2) is 0 Å². The van der Waals surface area contributed by atoms with Crippen molar-refractivity contribution in [2.75, 3.05) is 0 Å². The van der Waals surface area contributed by atoms with Gasteiger partial charge in [0.1, 0.15) is 0 Å². The van der Waals surface area contributed by atoms with Gasteiger partial charge in [-0.05, 0) is 33.2 Å². The maximum atomic E-state index is 2.75. The summed E-state index contributed by atoms with van der Waals surface area (Å²) in [6.07, 6.45) is 0. The van der Waals surface area contributed by atoms with Gasteiger partial charge in [0.2, 0.25) is 0 Å². The monoisotopic (exact) mass is 418 g/mol. The zero-order valence-corrected chi connectivity index (χ0v) is 24.3. The van der Waals surface area contributed by atoms with E-state index in [1.807, 2.05) is 0 Å². The molecule has 0 rings (SSSR count). The van der Waals surface area contributed by atoms with Crippen LogP contribution in [-0.4, -0.2) is 23.2 Å². The van der Waals surface area contributed by atoms with Crippen LogP contribution in [0.5, 0.6) is 0 Å². The van der Waals surface area contributed by atoms with Crippen molar-refractivity contribution in [2.24, 2.45) is 0 Å². The van der Waals surface area contributed by atoms with Crippen molar-refractivity contribution in [3.63, 3.8) is 0 Å². The van der Waals surface area contributed by atoms with Crippen LogP contribution in [0.15, 0.2) is 0 Å². The van der Waals surface area contributed by atoms with Crippen LogP contribution < -0.4 is 0 Å². The molecule has 0 spiro atoms. The van der Waals surface area contributed by atoms with Crippen molar-refractivity contribution in [3.05, 3.63) is 0 Å². The van der Waals surface area contributed by atoms with Gasteiger partial charge in [0, 0.05) is 0 Å². The van der Waals surface area contributed by atoms with Gasteiger partial charge in [-0.1, -0.05) is 103 Å². The van der Waals surface area contributed by atoms with E-state index in [0.717, 1.165) is 33.2 Å². The zero-order valence-electron chi connectivity index (χ0n) is 20.4. The van der Waals surface area contributed by atoms with Gasteiger partial charge >= 0.3 is 0 Å². The van der Waals surface area contributed by atoms with E-state index in [1.165, 1.54) is 0 Å². The maximum absolute atomic E-state index is 2.75. The average Bonchev–Trinajstić information content (AvgIpc) is 2.34. The predicted octanol–water partition coefficient (Wildman–Crippen LogP) is 9.65. The van der Waals surface area contributed by atoms with E-state index in [0.29, 0.717) is 0 Å². The summed E-state index contributed by atoms with van der Waals surface area (Å²) in [6, 6.07) is 0. The largest absolute Gasteiger partial charge is 0.138 e. The van der Waals surface area contributed by atoms with Crippen LogP contribution in [0.3, 0.4) is 0 Å². The van der Waals surface area contributed by atoms with Crippen LogP contribution >= 0.6 is 6.57 Å². The summed E-state index contributed by atoms with van der Waals surface area (Å²) in [4.78, 5) is 0. The molecule has 0 amide bonds. The minimum Gasteiger partial charge on any atom is -0.138 e. The minimum absolute atomic E-state index is 0.183. The molecule has 0 saturated carbocycles. The van der Waals surface area contributed by atoms with Gasteiger partial charge in [0.05, 0.1) is 23.2 Å². The van der Waals surface area contributed by atoms with E-state index in [9.17, 15) is 0 Å². The topological polar surface area (TPSA) is 0 Å². The third-order valence-corrected chi connectivity index (χ3v) is 65.0. The van der Waals surface area contributed by atoms with Gasteiger partial charge in [-0.2, -0.15) is 0 Å². The molecule has 0 aromatic carbocycles. The van der Waals surface area contributed by atoms with Crippen LogP contribution in [0.25, 0.3) is 0 Å². The van der Waals surface area contributed by atoms with E-state index in [4.69, 9.17) is 0 Å². The lowest BCUT2D eigenvalue weighted by Crippen LogP contribution is -2.59. The first-order chi connectivity index (χ1) is 11.0. The third-order valence-electron chi connectivity index (χ3n) is 6.99. The molecule has 0 aliphatic rings. The second kappa shape index (κ2) is 9.05. The second-order valence-electron chi connectivity index (χ2n) is 11.2. The fraction of sp³-hybridized carbons (Fsp3) is 1.00. The molecular formula is C21H51PSi3. The highest BCUT2D eigenvalue weighted by atomic mass is 31.8. The molecular weight excluding hydrogens is 367 g/mol. The zero-order chi connectivity index (χ0) is 20.5. The Morgan fingerprint density at radius 2 is 0.560 bits per heavy atom. The van der Waals surface area contributed by atoms with E-state index >= 15 is 0 Å². The van der Waals surface area contributed by atoms with Gasteiger partial charge in [0.15, 0.2) is 0 Å². The lowest BCUT2D eigenvalue weighted by molar-refractivity contribution is 0.838. The highest BCUT2D eigenvalue weighted by Gasteiger charge is 2.63. The van der Waals surface area contributed by atoms with Crippen molar-refractivity contribution >= 4 is 29.8 Å². The first-order valence-electron chi connectivity index (χ1n) is 10.8. The second-order valence-corrected chi connectivity index (χ2v) is 43.4. The molecule has 152 valence electrons. The van der Waals surface area contributed by atoms with Crippen LogP contribution in [0, 0.1) is 0 Å². The number of hydrogen-bond acceptors (Lipinski definition) is 0. The van der Waals surface area contributed by atoms with Crippen molar-refractivity contribution in [1.82, 2.24) is 0 Å². The molecule has 0 N–H and O–H groups in total. The Morgan fingerprint density at radius 1 is 0.400 bits per heavy atom. The van der Waals surface area contributed by atoms with Crippen molar-refractivity contribution in [2.45, 2.75) is 136 Å². The first-order valence-corrected chi connectivity index (χ1v) is 22.7. The van der Waals surface area contributed by atoms with E-state index < -0.39 is 23.2 Å². The summed E-state index contributed by atoms with van der Waals surface area (Å²) in [5.41, 5.74) is 5.46. The van der Waals surface area contributed by atoms with Crippen molar-refractivity contribution in [1.29, 1.82) is 0 Å². The van der Waals surface area contributed by atoms with E-state index in [2.05, 4.69) is 103 Å². The fourth-order valence-corrected chi connectivity index (χ4v) is 94.3. The van der Waals surface area contributed by atoms with Crippen LogP contribution in [0.2, 0.25) is 52.9 Å². The van der Waals surface area contributed by atoms with Gasteiger partial charge in [-0.15, -0.1) is 6.57 Å². The maximum Gasteiger partial charge on any atom is 0.0809 e. The summed E-state index contributed by atoms with van der Waals surface area (Å²) >= 11 is 0. The normalized spacial score (nSPS) is 15.1. The minimum atomic E-state index is -1.43. The van der Waals surface area contributed by atoms with Gasteiger partial charge in [-0.3, -0.25) is 0 Å². The molecule has 4 heteroatoms. The standard InChI is InChI=1S/C21H51PSi3/c1-16(2)24(17(3)4,18(5)6)22(23(13,14)15)25(19(7)8,20(9)10)21(11)12/h16-21H,1-15H3. The Balaban J connectivity index is 7.20. The molecule has 0 nitrogen and oxygen atoms in total. The lowest BCUT2D eigenvalue weighted by atomic mass is 10.5. The molecule has 0 fully saturated rings. The fourth-order valence-electron chi connectivity index (χ4n) is 7.05.